The number of esters is 1. The lowest BCUT2D eigenvalue weighted by Crippen LogP contribution is -2.52. The summed E-state index contributed by atoms with van der Waals surface area (Å²) in [6.45, 7) is 0.297. The van der Waals surface area contributed by atoms with Gasteiger partial charge < -0.3 is 19.9 Å². The summed E-state index contributed by atoms with van der Waals surface area (Å²) in [4.78, 5) is 34.9. The number of para-hydroxylation sites is 1. The molecule has 2 unspecified atom stereocenters. The highest BCUT2D eigenvalue weighted by molar-refractivity contribution is 6.30. The average Bonchev–Trinajstić information content (AvgIpc) is 3.33. The fraction of sp³-hybridized carbons (Fsp3) is 0.407. The summed E-state index contributed by atoms with van der Waals surface area (Å²) in [7, 11) is 0. The molecule has 3 aromatic rings. The van der Waals surface area contributed by atoms with E-state index in [0.717, 1.165) is 0 Å². The van der Waals surface area contributed by atoms with Gasteiger partial charge in [0.05, 0.1) is 18.1 Å². The number of hydrogen-bond donors (Lipinski definition) is 1. The third kappa shape index (κ3) is 6.54. The molecule has 2 aliphatic rings. The van der Waals surface area contributed by atoms with Crippen LogP contribution in [0.2, 0.25) is 5.02 Å². The third-order valence-electron chi connectivity index (χ3n) is 7.22. The SMILES string of the molecule is O=C(c1ccc(Cl)cc1)N1CCC(NC2CN(c3nc(C(F)(F)F)nc4ccccc34)CC2OC(=O)C(F)(F)F)CC1. The molecule has 1 aromatic heterocycles. The zero-order chi connectivity index (χ0) is 30.2. The van der Waals surface area contributed by atoms with Crippen molar-refractivity contribution in [1.82, 2.24) is 20.2 Å². The number of ether oxygens (including phenoxy) is 1. The standard InChI is InChI=1S/C27H24ClF6N5O3/c28-16-7-5-15(6-8-16)23(40)38-11-9-17(10-12-38)35-20-13-39(14-21(20)42-25(41)27(32,33)34)22-18-3-1-2-4-19(18)36-24(37-22)26(29,30)31/h1-8,17,20-21,35H,9-14H2. The van der Waals surface area contributed by atoms with Crippen molar-refractivity contribution in [1.29, 1.82) is 0 Å². The highest BCUT2D eigenvalue weighted by Gasteiger charge is 2.46. The molecule has 2 saturated heterocycles. The first-order valence-electron chi connectivity index (χ1n) is 13.0. The molecule has 15 heteroatoms. The largest absolute Gasteiger partial charge is 0.490 e. The molecule has 0 spiro atoms. The number of amides is 1. The number of nitrogens with zero attached hydrogens (tertiary/aromatic N) is 4. The van der Waals surface area contributed by atoms with Crippen LogP contribution in [0.4, 0.5) is 32.2 Å². The number of fused-ring (bicyclic) bond motifs is 1. The summed E-state index contributed by atoms with van der Waals surface area (Å²) >= 11 is 5.89. The van der Waals surface area contributed by atoms with E-state index in [9.17, 15) is 35.9 Å². The Hall–Kier alpha value is -3.65. The number of likely N-dealkylation sites (tertiary alicyclic amines) is 1. The van der Waals surface area contributed by atoms with Crippen molar-refractivity contribution in [3.8, 4) is 0 Å². The molecule has 1 amide bonds. The van der Waals surface area contributed by atoms with E-state index in [0.29, 0.717) is 36.5 Å². The number of alkyl halides is 6. The lowest BCUT2D eigenvalue weighted by atomic mass is 10.0. The Labute approximate surface area is 240 Å². The van der Waals surface area contributed by atoms with E-state index < -0.39 is 36.3 Å². The van der Waals surface area contributed by atoms with E-state index in [1.807, 2.05) is 0 Å². The monoisotopic (exact) mass is 615 g/mol. The molecular formula is C27H24ClF6N5O3. The Morgan fingerprint density at radius 2 is 1.60 bits per heavy atom. The molecule has 2 aliphatic heterocycles. The second-order valence-electron chi connectivity index (χ2n) is 10.1. The van der Waals surface area contributed by atoms with E-state index in [4.69, 9.17) is 16.3 Å². The zero-order valence-corrected chi connectivity index (χ0v) is 22.5. The molecule has 2 atom stereocenters. The van der Waals surface area contributed by atoms with Crippen LogP contribution in [0.3, 0.4) is 0 Å². The van der Waals surface area contributed by atoms with Gasteiger partial charge in [0.2, 0.25) is 5.82 Å². The molecule has 2 aromatic carbocycles. The first-order valence-corrected chi connectivity index (χ1v) is 13.3. The van der Waals surface area contributed by atoms with Crippen molar-refractivity contribution >= 4 is 40.2 Å². The Morgan fingerprint density at radius 3 is 2.24 bits per heavy atom. The number of aromatic nitrogens is 2. The van der Waals surface area contributed by atoms with Crippen LogP contribution in [0.15, 0.2) is 48.5 Å². The highest BCUT2D eigenvalue weighted by Crippen LogP contribution is 2.34. The van der Waals surface area contributed by atoms with Gasteiger partial charge in [-0.2, -0.15) is 26.3 Å². The predicted octanol–water partition coefficient (Wildman–Crippen LogP) is 4.86. The molecule has 0 saturated carbocycles. The maximum atomic E-state index is 13.6. The van der Waals surface area contributed by atoms with Crippen molar-refractivity contribution in [3.05, 3.63) is 64.9 Å². The minimum atomic E-state index is -5.25. The summed E-state index contributed by atoms with van der Waals surface area (Å²) in [6, 6.07) is 11.3. The molecule has 1 N–H and O–H groups in total. The molecule has 0 radical (unpaired) electrons. The fourth-order valence-electron chi connectivity index (χ4n) is 5.19. The Morgan fingerprint density at radius 1 is 0.929 bits per heavy atom. The van der Waals surface area contributed by atoms with Gasteiger partial charge in [-0.05, 0) is 49.2 Å². The van der Waals surface area contributed by atoms with Crippen LogP contribution in [0.5, 0.6) is 0 Å². The quantitative estimate of drug-likeness (QED) is 0.324. The summed E-state index contributed by atoms with van der Waals surface area (Å²) in [5, 5.41) is 3.97. The van der Waals surface area contributed by atoms with Crippen LogP contribution in [-0.4, -0.2) is 77.3 Å². The third-order valence-corrected chi connectivity index (χ3v) is 7.47. The number of hydrogen-bond acceptors (Lipinski definition) is 7. The van der Waals surface area contributed by atoms with Gasteiger partial charge in [-0.25, -0.2) is 14.8 Å². The minimum absolute atomic E-state index is 0.00722. The van der Waals surface area contributed by atoms with E-state index in [1.165, 1.54) is 23.1 Å². The highest BCUT2D eigenvalue weighted by atomic mass is 35.5. The van der Waals surface area contributed by atoms with Crippen molar-refractivity contribution in [2.24, 2.45) is 0 Å². The van der Waals surface area contributed by atoms with E-state index in [1.54, 1.807) is 35.2 Å². The smallest absolute Gasteiger partial charge is 0.452 e. The van der Waals surface area contributed by atoms with Gasteiger partial charge in [-0.1, -0.05) is 23.7 Å². The molecule has 8 nitrogen and oxygen atoms in total. The molecule has 0 aliphatic carbocycles. The van der Waals surface area contributed by atoms with Crippen LogP contribution in [0.1, 0.15) is 29.0 Å². The maximum Gasteiger partial charge on any atom is 0.490 e. The van der Waals surface area contributed by atoms with E-state index in [2.05, 4.69) is 15.3 Å². The van der Waals surface area contributed by atoms with Crippen LogP contribution in [0.25, 0.3) is 10.9 Å². The zero-order valence-electron chi connectivity index (χ0n) is 21.8. The van der Waals surface area contributed by atoms with Crippen molar-refractivity contribution in [3.63, 3.8) is 0 Å². The van der Waals surface area contributed by atoms with Gasteiger partial charge in [-0.3, -0.25) is 4.79 Å². The van der Waals surface area contributed by atoms with Crippen LogP contribution < -0.4 is 10.2 Å². The van der Waals surface area contributed by atoms with Crippen LogP contribution in [-0.2, 0) is 15.7 Å². The Balaban J connectivity index is 1.34. The second kappa shape index (κ2) is 11.6. The number of carbonyl (C=O) groups is 2. The average molecular weight is 616 g/mol. The normalized spacial score (nSPS) is 20.3. The molecule has 5 rings (SSSR count). The number of rotatable bonds is 5. The van der Waals surface area contributed by atoms with Gasteiger partial charge in [0, 0.05) is 41.6 Å². The maximum absolute atomic E-state index is 13.6. The summed E-state index contributed by atoms with van der Waals surface area (Å²) in [5.41, 5.74) is 0.472. The van der Waals surface area contributed by atoms with Crippen LogP contribution in [0, 0.1) is 0 Å². The molecule has 0 bridgehead atoms. The number of halogens is 7. The van der Waals surface area contributed by atoms with E-state index in [-0.39, 0.29) is 41.8 Å². The van der Waals surface area contributed by atoms with Gasteiger partial charge in [-0.15, -0.1) is 0 Å². The Kier molecular flexibility index (Phi) is 8.21. The number of anilines is 1. The molecular weight excluding hydrogens is 592 g/mol. The van der Waals surface area contributed by atoms with Gasteiger partial charge in [0.15, 0.2) is 0 Å². The van der Waals surface area contributed by atoms with Gasteiger partial charge >= 0.3 is 18.3 Å². The second-order valence-corrected chi connectivity index (χ2v) is 10.5. The fourth-order valence-corrected chi connectivity index (χ4v) is 5.31. The number of carbonyl (C=O) groups excluding carboxylic acids is 2. The number of benzene rings is 2. The summed E-state index contributed by atoms with van der Waals surface area (Å²) in [5.74, 6) is -4.11. The number of piperidine rings is 1. The minimum Gasteiger partial charge on any atom is -0.452 e. The number of nitrogens with one attached hydrogen (secondary N) is 1. The summed E-state index contributed by atoms with van der Waals surface area (Å²) in [6.07, 6.45) is -10.6. The first-order chi connectivity index (χ1) is 19.8. The molecule has 42 heavy (non-hydrogen) atoms. The lowest BCUT2D eigenvalue weighted by Gasteiger charge is -2.34. The lowest BCUT2D eigenvalue weighted by molar-refractivity contribution is -0.204. The molecule has 2 fully saturated rings. The van der Waals surface area contributed by atoms with Gasteiger partial charge in [0.1, 0.15) is 11.9 Å². The van der Waals surface area contributed by atoms with E-state index >= 15 is 0 Å². The van der Waals surface area contributed by atoms with Crippen molar-refractivity contribution in [2.75, 3.05) is 31.1 Å². The predicted molar refractivity (Wildman–Crippen MR) is 140 cm³/mol. The molecule has 224 valence electrons. The Bertz CT molecular complexity index is 1460. The van der Waals surface area contributed by atoms with Crippen molar-refractivity contribution in [2.45, 2.75) is 43.4 Å². The topological polar surface area (TPSA) is 87.7 Å². The van der Waals surface area contributed by atoms with Crippen molar-refractivity contribution < 1.29 is 40.7 Å². The van der Waals surface area contributed by atoms with Crippen LogP contribution >= 0.6 is 11.6 Å². The summed E-state index contributed by atoms with van der Waals surface area (Å²) < 4.78 is 84.8. The molecule has 3 heterocycles. The first kappa shape index (κ1) is 29.8. The van der Waals surface area contributed by atoms with Gasteiger partial charge in [0.25, 0.3) is 5.91 Å².